The second-order valence-corrected chi connectivity index (χ2v) is 6.61. The first kappa shape index (κ1) is 13.0. The summed E-state index contributed by atoms with van der Waals surface area (Å²) >= 11 is 0. The van der Waals surface area contributed by atoms with E-state index in [0.29, 0.717) is 5.92 Å². The highest BCUT2D eigenvalue weighted by Gasteiger charge is 2.59. The predicted octanol–water partition coefficient (Wildman–Crippen LogP) is 1.51. The van der Waals surface area contributed by atoms with Crippen molar-refractivity contribution in [2.24, 2.45) is 17.8 Å². The molecule has 3 fully saturated rings. The SMILES string of the molecule is CN1C(=O)[C@@H]2[C@@H](CN(Cc3ccccc3)[C@H]2C2CC2)C1=O. The molecule has 1 aliphatic carbocycles. The van der Waals surface area contributed by atoms with Crippen LogP contribution < -0.4 is 0 Å². The summed E-state index contributed by atoms with van der Waals surface area (Å²) in [5, 5.41) is 0. The van der Waals surface area contributed by atoms with Gasteiger partial charge in [-0.25, -0.2) is 0 Å². The van der Waals surface area contributed by atoms with Crippen LogP contribution in [-0.2, 0) is 16.1 Å². The minimum atomic E-state index is -0.114. The molecule has 0 bridgehead atoms. The molecule has 3 atom stereocenters. The van der Waals surface area contributed by atoms with E-state index in [-0.39, 0.29) is 29.7 Å². The van der Waals surface area contributed by atoms with E-state index < -0.39 is 0 Å². The molecular weight excluding hydrogens is 264 g/mol. The van der Waals surface area contributed by atoms with Gasteiger partial charge in [-0.2, -0.15) is 0 Å². The van der Waals surface area contributed by atoms with Crippen molar-refractivity contribution in [1.82, 2.24) is 9.80 Å². The van der Waals surface area contributed by atoms with Crippen molar-refractivity contribution in [3.63, 3.8) is 0 Å². The van der Waals surface area contributed by atoms with Gasteiger partial charge in [0.1, 0.15) is 0 Å². The van der Waals surface area contributed by atoms with Crippen LogP contribution in [-0.4, -0.2) is 41.2 Å². The molecule has 0 radical (unpaired) electrons. The fraction of sp³-hybridized carbons (Fsp3) is 0.529. The number of hydrogen-bond acceptors (Lipinski definition) is 3. The van der Waals surface area contributed by atoms with E-state index in [9.17, 15) is 9.59 Å². The zero-order valence-electron chi connectivity index (χ0n) is 12.2. The second-order valence-electron chi connectivity index (χ2n) is 6.61. The van der Waals surface area contributed by atoms with E-state index >= 15 is 0 Å². The zero-order chi connectivity index (χ0) is 14.6. The van der Waals surface area contributed by atoms with Crippen LogP contribution in [0.5, 0.6) is 0 Å². The highest BCUT2D eigenvalue weighted by molar-refractivity contribution is 6.05. The van der Waals surface area contributed by atoms with Crippen LogP contribution in [0.3, 0.4) is 0 Å². The molecule has 1 saturated carbocycles. The molecule has 3 aliphatic rings. The van der Waals surface area contributed by atoms with Crippen LogP contribution in [0.1, 0.15) is 18.4 Å². The van der Waals surface area contributed by atoms with Crippen LogP contribution in [0.2, 0.25) is 0 Å². The van der Waals surface area contributed by atoms with Gasteiger partial charge in [0.15, 0.2) is 0 Å². The number of benzene rings is 1. The Labute approximate surface area is 124 Å². The third-order valence-electron chi connectivity index (χ3n) is 5.25. The monoisotopic (exact) mass is 284 g/mol. The van der Waals surface area contributed by atoms with Crippen molar-refractivity contribution < 1.29 is 9.59 Å². The van der Waals surface area contributed by atoms with Crippen LogP contribution in [0, 0.1) is 17.8 Å². The van der Waals surface area contributed by atoms with Gasteiger partial charge in [-0.1, -0.05) is 30.3 Å². The van der Waals surface area contributed by atoms with Crippen molar-refractivity contribution in [2.75, 3.05) is 13.6 Å². The van der Waals surface area contributed by atoms with Gasteiger partial charge in [0.05, 0.1) is 11.8 Å². The molecule has 0 aromatic heterocycles. The predicted molar refractivity (Wildman–Crippen MR) is 78.1 cm³/mol. The molecule has 1 aromatic carbocycles. The van der Waals surface area contributed by atoms with Gasteiger partial charge in [-0.3, -0.25) is 19.4 Å². The summed E-state index contributed by atoms with van der Waals surface area (Å²) in [7, 11) is 1.63. The summed E-state index contributed by atoms with van der Waals surface area (Å²) in [5.41, 5.74) is 1.26. The van der Waals surface area contributed by atoms with E-state index in [0.717, 1.165) is 13.1 Å². The first-order valence-corrected chi connectivity index (χ1v) is 7.76. The van der Waals surface area contributed by atoms with Gasteiger partial charge in [0.25, 0.3) is 0 Å². The molecule has 0 N–H and O–H groups in total. The standard InChI is InChI=1S/C17H20N2O2/c1-18-16(20)13-10-19(9-11-5-3-2-4-6-11)15(12-7-8-12)14(13)17(18)21/h2-6,12-15H,7-10H2,1H3/t13-,14-,15+/m1/s1. The lowest BCUT2D eigenvalue weighted by atomic mass is 9.90. The number of carbonyl (C=O) groups excluding carboxylic acids is 2. The Morgan fingerprint density at radius 1 is 1.10 bits per heavy atom. The highest BCUT2D eigenvalue weighted by Crippen LogP contribution is 2.48. The molecule has 21 heavy (non-hydrogen) atoms. The third kappa shape index (κ3) is 2.01. The Kier molecular flexibility index (Phi) is 2.89. The largest absolute Gasteiger partial charge is 0.294 e. The summed E-state index contributed by atoms with van der Waals surface area (Å²) in [5.74, 6) is 0.450. The van der Waals surface area contributed by atoms with Gasteiger partial charge >= 0.3 is 0 Å². The van der Waals surface area contributed by atoms with Crippen LogP contribution in [0.15, 0.2) is 30.3 Å². The normalized spacial score (nSPS) is 32.8. The lowest BCUT2D eigenvalue weighted by molar-refractivity contribution is -0.139. The maximum absolute atomic E-state index is 12.4. The average Bonchev–Trinajstić information content (AvgIpc) is 3.24. The molecular formula is C17H20N2O2. The van der Waals surface area contributed by atoms with Crippen molar-refractivity contribution in [3.05, 3.63) is 35.9 Å². The van der Waals surface area contributed by atoms with Gasteiger partial charge in [0, 0.05) is 26.2 Å². The Bertz CT molecular complexity index is 582. The molecule has 2 saturated heterocycles. The van der Waals surface area contributed by atoms with Crippen molar-refractivity contribution in [1.29, 1.82) is 0 Å². The maximum atomic E-state index is 12.4. The quantitative estimate of drug-likeness (QED) is 0.790. The van der Waals surface area contributed by atoms with Gasteiger partial charge < -0.3 is 0 Å². The number of nitrogens with zero attached hydrogens (tertiary/aromatic N) is 2. The minimum absolute atomic E-state index is 0.0196. The lowest BCUT2D eigenvalue weighted by Gasteiger charge is -2.28. The molecule has 110 valence electrons. The summed E-state index contributed by atoms with van der Waals surface area (Å²) in [6.07, 6.45) is 2.40. The van der Waals surface area contributed by atoms with Crippen molar-refractivity contribution >= 4 is 11.8 Å². The molecule has 4 nitrogen and oxygen atoms in total. The first-order chi connectivity index (χ1) is 10.2. The number of carbonyl (C=O) groups is 2. The van der Waals surface area contributed by atoms with Crippen LogP contribution >= 0.6 is 0 Å². The van der Waals surface area contributed by atoms with E-state index in [1.807, 2.05) is 18.2 Å². The summed E-state index contributed by atoms with van der Waals surface area (Å²) in [6.45, 7) is 1.58. The van der Waals surface area contributed by atoms with E-state index in [1.165, 1.54) is 23.3 Å². The van der Waals surface area contributed by atoms with E-state index in [2.05, 4.69) is 17.0 Å². The topological polar surface area (TPSA) is 40.6 Å². The van der Waals surface area contributed by atoms with E-state index in [4.69, 9.17) is 0 Å². The number of amides is 2. The Morgan fingerprint density at radius 3 is 2.48 bits per heavy atom. The lowest BCUT2D eigenvalue weighted by Crippen LogP contribution is -2.40. The van der Waals surface area contributed by atoms with Crippen LogP contribution in [0.25, 0.3) is 0 Å². The Balaban J connectivity index is 1.61. The fourth-order valence-corrected chi connectivity index (χ4v) is 4.10. The summed E-state index contributed by atoms with van der Waals surface area (Å²) in [4.78, 5) is 28.4. The van der Waals surface area contributed by atoms with Gasteiger partial charge in [0.2, 0.25) is 11.8 Å². The average molecular weight is 284 g/mol. The molecule has 2 aliphatic heterocycles. The fourth-order valence-electron chi connectivity index (χ4n) is 4.10. The number of hydrogen-bond donors (Lipinski definition) is 0. The molecule has 0 spiro atoms. The molecule has 2 heterocycles. The van der Waals surface area contributed by atoms with E-state index in [1.54, 1.807) is 7.05 Å². The smallest absolute Gasteiger partial charge is 0.234 e. The second kappa shape index (κ2) is 4.67. The minimum Gasteiger partial charge on any atom is -0.294 e. The van der Waals surface area contributed by atoms with Gasteiger partial charge in [-0.15, -0.1) is 0 Å². The summed E-state index contributed by atoms with van der Waals surface area (Å²) in [6, 6.07) is 10.6. The molecule has 0 unspecified atom stereocenters. The number of fused-ring (bicyclic) bond motifs is 1. The number of likely N-dealkylation sites (tertiary alicyclic amines) is 2. The molecule has 1 aromatic rings. The molecule has 4 heteroatoms. The van der Waals surface area contributed by atoms with Crippen molar-refractivity contribution in [3.8, 4) is 0 Å². The molecule has 4 rings (SSSR count). The van der Waals surface area contributed by atoms with Crippen molar-refractivity contribution in [2.45, 2.75) is 25.4 Å². The third-order valence-corrected chi connectivity index (χ3v) is 5.25. The number of rotatable bonds is 3. The van der Waals surface area contributed by atoms with Gasteiger partial charge in [-0.05, 0) is 24.3 Å². The maximum Gasteiger partial charge on any atom is 0.234 e. The Morgan fingerprint density at radius 2 is 1.81 bits per heavy atom. The highest BCUT2D eigenvalue weighted by atomic mass is 16.2. The first-order valence-electron chi connectivity index (χ1n) is 7.76. The number of imide groups is 1. The molecule has 2 amide bonds. The van der Waals surface area contributed by atoms with Crippen LogP contribution in [0.4, 0.5) is 0 Å². The summed E-state index contributed by atoms with van der Waals surface area (Å²) < 4.78 is 0. The Hall–Kier alpha value is -1.68. The zero-order valence-corrected chi connectivity index (χ0v) is 12.2.